The summed E-state index contributed by atoms with van der Waals surface area (Å²) < 4.78 is 0. The fraction of sp³-hybridized carbons (Fsp3) is 0.0345. The normalized spacial score (nSPS) is 13.6. The first-order valence-electron chi connectivity index (χ1n) is 10.9. The van der Waals surface area contributed by atoms with E-state index in [9.17, 15) is 10.0 Å². The van der Waals surface area contributed by atoms with Crippen LogP contribution in [0.4, 0.5) is 0 Å². The average molecular weight is 412 g/mol. The molecule has 6 rings (SSSR count). The number of benzene rings is 5. The van der Waals surface area contributed by atoms with Crippen LogP contribution in [0, 0.1) is 0 Å². The Hall–Kier alpha value is -3.66. The zero-order valence-electron chi connectivity index (χ0n) is 17.4. The van der Waals surface area contributed by atoms with Crippen molar-refractivity contribution in [3.05, 3.63) is 138 Å². The largest absolute Gasteiger partial charge is 0.489 e. The lowest BCUT2D eigenvalue weighted by Gasteiger charge is -2.34. The summed E-state index contributed by atoms with van der Waals surface area (Å²) in [6.45, 7) is 0. The minimum atomic E-state index is -1.56. The van der Waals surface area contributed by atoms with Gasteiger partial charge in [-0.2, -0.15) is 0 Å². The maximum absolute atomic E-state index is 10.4. The molecule has 5 aromatic rings. The van der Waals surface area contributed by atoms with Crippen molar-refractivity contribution in [1.29, 1.82) is 0 Å². The predicted octanol–water partition coefficient (Wildman–Crippen LogP) is 4.88. The highest BCUT2D eigenvalue weighted by Crippen LogP contribution is 2.57. The number of fused-ring (bicyclic) bond motifs is 5. The molecule has 0 aromatic heterocycles. The first kappa shape index (κ1) is 19.1. The first-order valence-corrected chi connectivity index (χ1v) is 10.9. The van der Waals surface area contributed by atoms with E-state index in [1.165, 1.54) is 0 Å². The van der Waals surface area contributed by atoms with E-state index in [-0.39, 0.29) is 0 Å². The molecule has 0 aliphatic heterocycles. The van der Waals surface area contributed by atoms with Crippen molar-refractivity contribution < 1.29 is 10.0 Å². The van der Waals surface area contributed by atoms with Crippen LogP contribution in [0.5, 0.6) is 0 Å². The highest BCUT2D eigenvalue weighted by Gasteiger charge is 2.47. The molecule has 152 valence electrons. The average Bonchev–Trinajstić information content (AvgIpc) is 3.16. The molecule has 1 aliphatic rings. The molecule has 0 fully saturated rings. The molecule has 0 saturated heterocycles. The van der Waals surface area contributed by atoms with Crippen molar-refractivity contribution >= 4 is 23.4 Å². The lowest BCUT2D eigenvalue weighted by Crippen LogP contribution is -2.33. The van der Waals surface area contributed by atoms with Gasteiger partial charge in [-0.25, -0.2) is 0 Å². The maximum atomic E-state index is 10.4. The molecule has 32 heavy (non-hydrogen) atoms. The van der Waals surface area contributed by atoms with Gasteiger partial charge < -0.3 is 10.0 Å². The van der Waals surface area contributed by atoms with Gasteiger partial charge in [0.2, 0.25) is 0 Å². The smallest absolute Gasteiger partial charge is 0.423 e. The van der Waals surface area contributed by atoms with Gasteiger partial charge in [-0.15, -0.1) is 0 Å². The standard InChI is InChI=1S/C29H21BO2/c31-30(32)26-17-9-16-24-28(26)27-23-15-8-7-10-20(23)18-19-25(27)29(24,21-11-3-1-4-12-21)22-13-5-2-6-14-22/h1-19,31-32H. The summed E-state index contributed by atoms with van der Waals surface area (Å²) in [5.74, 6) is 0. The number of rotatable bonds is 3. The Balaban J connectivity index is 1.88. The van der Waals surface area contributed by atoms with Crippen LogP contribution in [0.15, 0.2) is 115 Å². The lowest BCUT2D eigenvalue weighted by atomic mass is 9.66. The van der Waals surface area contributed by atoms with Crippen LogP contribution in [-0.2, 0) is 5.41 Å². The Morgan fingerprint density at radius 2 is 1.09 bits per heavy atom. The van der Waals surface area contributed by atoms with Crippen LogP contribution in [0.3, 0.4) is 0 Å². The van der Waals surface area contributed by atoms with E-state index in [0.29, 0.717) is 5.46 Å². The SMILES string of the molecule is OB(O)c1cccc2c1-c1c(ccc3ccccc13)C2(c1ccccc1)c1ccccc1. The van der Waals surface area contributed by atoms with Crippen LogP contribution in [0.1, 0.15) is 22.3 Å². The molecule has 2 N–H and O–H groups in total. The molecular weight excluding hydrogens is 391 g/mol. The van der Waals surface area contributed by atoms with Crippen LogP contribution >= 0.6 is 0 Å². The van der Waals surface area contributed by atoms with Crippen molar-refractivity contribution in [2.75, 3.05) is 0 Å². The molecule has 5 aromatic carbocycles. The third-order valence-corrected chi connectivity index (χ3v) is 6.78. The van der Waals surface area contributed by atoms with Crippen LogP contribution in [0.2, 0.25) is 0 Å². The molecular formula is C29H21BO2. The highest BCUT2D eigenvalue weighted by molar-refractivity contribution is 6.61. The Bertz CT molecular complexity index is 1400. The van der Waals surface area contributed by atoms with Crippen molar-refractivity contribution in [3.8, 4) is 11.1 Å². The quantitative estimate of drug-likeness (QED) is 0.407. The van der Waals surface area contributed by atoms with Crippen molar-refractivity contribution in [2.24, 2.45) is 0 Å². The van der Waals surface area contributed by atoms with Crippen LogP contribution in [-0.4, -0.2) is 17.2 Å². The summed E-state index contributed by atoms with van der Waals surface area (Å²) in [5.41, 5.74) is 6.54. The van der Waals surface area contributed by atoms with Gasteiger partial charge in [0, 0.05) is 0 Å². The second kappa shape index (κ2) is 7.20. The van der Waals surface area contributed by atoms with Gasteiger partial charge in [0.25, 0.3) is 0 Å². The third kappa shape index (κ3) is 2.50. The van der Waals surface area contributed by atoms with E-state index in [0.717, 1.165) is 44.2 Å². The topological polar surface area (TPSA) is 40.5 Å². The summed E-state index contributed by atoms with van der Waals surface area (Å²) in [7, 11) is -1.56. The van der Waals surface area contributed by atoms with Crippen molar-refractivity contribution in [1.82, 2.24) is 0 Å². The Morgan fingerprint density at radius 3 is 1.75 bits per heavy atom. The van der Waals surface area contributed by atoms with Gasteiger partial charge in [0.05, 0.1) is 5.41 Å². The van der Waals surface area contributed by atoms with E-state index in [4.69, 9.17) is 0 Å². The van der Waals surface area contributed by atoms with Gasteiger partial charge in [-0.3, -0.25) is 0 Å². The summed E-state index contributed by atoms with van der Waals surface area (Å²) in [6.07, 6.45) is 0. The molecule has 0 bridgehead atoms. The van der Waals surface area contributed by atoms with E-state index in [2.05, 4.69) is 78.9 Å². The van der Waals surface area contributed by atoms with Crippen molar-refractivity contribution in [2.45, 2.75) is 5.41 Å². The van der Waals surface area contributed by atoms with Gasteiger partial charge in [-0.05, 0) is 49.6 Å². The molecule has 0 unspecified atom stereocenters. The first-order chi connectivity index (χ1) is 15.7. The van der Waals surface area contributed by atoms with Crippen LogP contribution in [0.25, 0.3) is 21.9 Å². The molecule has 0 heterocycles. The number of hydrogen-bond acceptors (Lipinski definition) is 2. The highest BCUT2D eigenvalue weighted by atomic mass is 16.4. The molecule has 0 atom stereocenters. The van der Waals surface area contributed by atoms with Crippen LogP contribution < -0.4 is 5.46 Å². The monoisotopic (exact) mass is 412 g/mol. The van der Waals surface area contributed by atoms with Crippen molar-refractivity contribution in [3.63, 3.8) is 0 Å². The summed E-state index contributed by atoms with van der Waals surface area (Å²) in [6, 6.07) is 39.6. The molecule has 0 spiro atoms. The number of hydrogen-bond donors (Lipinski definition) is 2. The summed E-state index contributed by atoms with van der Waals surface area (Å²) in [4.78, 5) is 0. The Morgan fingerprint density at radius 1 is 0.500 bits per heavy atom. The minimum Gasteiger partial charge on any atom is -0.423 e. The third-order valence-electron chi connectivity index (χ3n) is 6.78. The van der Waals surface area contributed by atoms with Gasteiger partial charge in [-0.1, -0.05) is 115 Å². The molecule has 1 aliphatic carbocycles. The van der Waals surface area contributed by atoms with E-state index >= 15 is 0 Å². The molecule has 0 radical (unpaired) electrons. The van der Waals surface area contributed by atoms with E-state index < -0.39 is 12.5 Å². The molecule has 3 heteroatoms. The van der Waals surface area contributed by atoms with Gasteiger partial charge >= 0.3 is 7.12 Å². The predicted molar refractivity (Wildman–Crippen MR) is 131 cm³/mol. The zero-order chi connectivity index (χ0) is 21.7. The van der Waals surface area contributed by atoms with Gasteiger partial charge in [0.1, 0.15) is 0 Å². The summed E-state index contributed by atoms with van der Waals surface area (Å²) in [5, 5.41) is 23.0. The Labute approximate surface area is 187 Å². The fourth-order valence-electron chi connectivity index (χ4n) is 5.54. The second-order valence-electron chi connectivity index (χ2n) is 8.33. The molecule has 0 saturated carbocycles. The van der Waals surface area contributed by atoms with E-state index in [1.807, 2.05) is 36.4 Å². The fourth-order valence-corrected chi connectivity index (χ4v) is 5.54. The van der Waals surface area contributed by atoms with E-state index in [1.54, 1.807) is 0 Å². The van der Waals surface area contributed by atoms with Gasteiger partial charge in [0.15, 0.2) is 0 Å². The maximum Gasteiger partial charge on any atom is 0.489 e. The Kier molecular flexibility index (Phi) is 4.29. The molecule has 0 amide bonds. The lowest BCUT2D eigenvalue weighted by molar-refractivity contribution is 0.426. The minimum absolute atomic E-state index is 0.536. The zero-order valence-corrected chi connectivity index (χ0v) is 17.4. The summed E-state index contributed by atoms with van der Waals surface area (Å²) >= 11 is 0. The second-order valence-corrected chi connectivity index (χ2v) is 8.33. The molecule has 2 nitrogen and oxygen atoms in total.